The van der Waals surface area contributed by atoms with E-state index in [1.807, 2.05) is 19.9 Å². The molecule has 0 saturated heterocycles. The maximum absolute atomic E-state index is 11.9. The third-order valence-corrected chi connectivity index (χ3v) is 4.17. The summed E-state index contributed by atoms with van der Waals surface area (Å²) in [7, 11) is 0. The van der Waals surface area contributed by atoms with Gasteiger partial charge < -0.3 is 10.5 Å². The van der Waals surface area contributed by atoms with Gasteiger partial charge >= 0.3 is 0 Å². The fourth-order valence-electron chi connectivity index (χ4n) is 1.96. The Morgan fingerprint density at radius 2 is 2.00 bits per heavy atom. The molecule has 3 N–H and O–H groups in total. The highest BCUT2D eigenvalue weighted by molar-refractivity contribution is 7.99. The summed E-state index contributed by atoms with van der Waals surface area (Å²) >= 11 is 7.29. The molecule has 1 aromatic carbocycles. The van der Waals surface area contributed by atoms with E-state index in [1.165, 1.54) is 18.0 Å². The minimum Gasteiger partial charge on any atom is -0.482 e. The summed E-state index contributed by atoms with van der Waals surface area (Å²) in [5, 5.41) is 4.73. The minimum absolute atomic E-state index is 0.140. The van der Waals surface area contributed by atoms with E-state index < -0.39 is 5.91 Å². The molecule has 0 fully saturated rings. The second-order valence-corrected chi connectivity index (χ2v) is 6.81. The van der Waals surface area contributed by atoms with Gasteiger partial charge in [-0.2, -0.15) is 5.10 Å². The normalized spacial score (nSPS) is 10.8. The molecule has 27 heavy (non-hydrogen) atoms. The number of primary amides is 1. The standard InChI is InChI=1S/C17H18ClN5O3S/c1-10-5-11(2)22-17(21-10)27-9-16(25)23-20-7-12-3-4-14(13(18)6-12)26-8-15(19)24/h3-7H,8-9H2,1-2H3,(H2,19,24)(H,23,25). The average molecular weight is 408 g/mol. The van der Waals surface area contributed by atoms with E-state index in [1.54, 1.807) is 18.2 Å². The van der Waals surface area contributed by atoms with Gasteiger partial charge in [0.05, 0.1) is 17.0 Å². The molecule has 0 spiro atoms. The van der Waals surface area contributed by atoms with Crippen LogP contribution in [0.5, 0.6) is 5.75 Å². The van der Waals surface area contributed by atoms with Crippen molar-refractivity contribution in [2.75, 3.05) is 12.4 Å². The first kappa shape index (κ1) is 20.7. The van der Waals surface area contributed by atoms with Crippen LogP contribution in [0.25, 0.3) is 0 Å². The molecule has 0 aliphatic heterocycles. The lowest BCUT2D eigenvalue weighted by atomic mass is 10.2. The Balaban J connectivity index is 1.84. The van der Waals surface area contributed by atoms with Crippen molar-refractivity contribution >= 4 is 41.4 Å². The second-order valence-electron chi connectivity index (χ2n) is 5.46. The van der Waals surface area contributed by atoms with E-state index in [2.05, 4.69) is 20.5 Å². The Labute approximate surface area is 165 Å². The van der Waals surface area contributed by atoms with Crippen LogP contribution in [0.4, 0.5) is 0 Å². The maximum atomic E-state index is 11.9. The lowest BCUT2D eigenvalue weighted by Crippen LogP contribution is -2.20. The van der Waals surface area contributed by atoms with Crippen LogP contribution in [0, 0.1) is 13.8 Å². The highest BCUT2D eigenvalue weighted by Gasteiger charge is 2.06. The maximum Gasteiger partial charge on any atom is 0.255 e. The lowest BCUT2D eigenvalue weighted by Gasteiger charge is -2.06. The van der Waals surface area contributed by atoms with Crippen LogP contribution in [0.3, 0.4) is 0 Å². The molecule has 2 amide bonds. The highest BCUT2D eigenvalue weighted by atomic mass is 35.5. The topological polar surface area (TPSA) is 120 Å². The van der Waals surface area contributed by atoms with Crippen LogP contribution in [0.15, 0.2) is 34.5 Å². The van der Waals surface area contributed by atoms with Crippen LogP contribution in [0.1, 0.15) is 17.0 Å². The first-order valence-electron chi connectivity index (χ1n) is 7.81. The van der Waals surface area contributed by atoms with Crippen molar-refractivity contribution in [3.63, 3.8) is 0 Å². The summed E-state index contributed by atoms with van der Waals surface area (Å²) in [5.41, 5.74) is 9.79. The Bertz CT molecular complexity index is 855. The Morgan fingerprint density at radius 3 is 2.63 bits per heavy atom. The highest BCUT2D eigenvalue weighted by Crippen LogP contribution is 2.24. The number of nitrogens with zero attached hydrogens (tertiary/aromatic N) is 3. The number of aryl methyl sites for hydroxylation is 2. The Morgan fingerprint density at radius 1 is 1.30 bits per heavy atom. The number of carbonyl (C=O) groups excluding carboxylic acids is 2. The van der Waals surface area contributed by atoms with Crippen molar-refractivity contribution in [1.82, 2.24) is 15.4 Å². The van der Waals surface area contributed by atoms with Gasteiger partial charge in [-0.3, -0.25) is 9.59 Å². The molecule has 1 aromatic heterocycles. The number of ether oxygens (including phenoxy) is 1. The molecule has 142 valence electrons. The van der Waals surface area contributed by atoms with Crippen molar-refractivity contribution in [3.05, 3.63) is 46.2 Å². The van der Waals surface area contributed by atoms with Gasteiger partial charge in [0, 0.05) is 11.4 Å². The summed E-state index contributed by atoms with van der Waals surface area (Å²) in [6.45, 7) is 3.49. The smallest absolute Gasteiger partial charge is 0.255 e. The van der Waals surface area contributed by atoms with Gasteiger partial charge in [0.2, 0.25) is 0 Å². The van der Waals surface area contributed by atoms with Gasteiger partial charge in [0.15, 0.2) is 11.8 Å². The predicted octanol–water partition coefficient (Wildman–Crippen LogP) is 1.85. The molecule has 0 atom stereocenters. The molecular weight excluding hydrogens is 390 g/mol. The SMILES string of the molecule is Cc1cc(C)nc(SCC(=O)NN=Cc2ccc(OCC(N)=O)c(Cl)c2)n1. The number of hydrogen-bond acceptors (Lipinski definition) is 7. The molecule has 0 saturated carbocycles. The number of nitrogens with two attached hydrogens (primary N) is 1. The number of halogens is 1. The van der Waals surface area contributed by atoms with E-state index in [9.17, 15) is 9.59 Å². The number of carbonyl (C=O) groups is 2. The molecular formula is C17H18ClN5O3S. The Kier molecular flexibility index (Phi) is 7.56. The van der Waals surface area contributed by atoms with E-state index in [4.69, 9.17) is 22.1 Å². The molecule has 1 heterocycles. The monoisotopic (exact) mass is 407 g/mol. The third kappa shape index (κ3) is 7.24. The van der Waals surface area contributed by atoms with Crippen LogP contribution in [-0.2, 0) is 9.59 Å². The molecule has 0 aliphatic carbocycles. The number of hydrazone groups is 1. The number of nitrogens with one attached hydrogen (secondary N) is 1. The lowest BCUT2D eigenvalue weighted by molar-refractivity contribution is -0.120. The van der Waals surface area contributed by atoms with Crippen LogP contribution < -0.4 is 15.9 Å². The van der Waals surface area contributed by atoms with Crippen molar-refractivity contribution in [1.29, 1.82) is 0 Å². The quantitative estimate of drug-likeness (QED) is 0.298. The molecule has 8 nitrogen and oxygen atoms in total. The number of rotatable bonds is 8. The van der Waals surface area contributed by atoms with E-state index in [0.29, 0.717) is 21.5 Å². The number of hydrogen-bond donors (Lipinski definition) is 2. The van der Waals surface area contributed by atoms with Crippen LogP contribution >= 0.6 is 23.4 Å². The van der Waals surface area contributed by atoms with Crippen molar-refractivity contribution in [3.8, 4) is 5.75 Å². The third-order valence-electron chi connectivity index (χ3n) is 3.02. The zero-order valence-electron chi connectivity index (χ0n) is 14.7. The number of thioether (sulfide) groups is 1. The fraction of sp³-hybridized carbons (Fsp3) is 0.235. The van der Waals surface area contributed by atoms with E-state index >= 15 is 0 Å². The summed E-state index contributed by atoms with van der Waals surface area (Å²) in [6.07, 6.45) is 1.44. The van der Waals surface area contributed by atoms with E-state index in [0.717, 1.165) is 11.4 Å². The minimum atomic E-state index is -0.594. The summed E-state index contributed by atoms with van der Waals surface area (Å²) < 4.78 is 5.15. The first-order chi connectivity index (χ1) is 12.8. The summed E-state index contributed by atoms with van der Waals surface area (Å²) in [5.74, 6) is -0.405. The molecule has 2 aromatic rings. The zero-order chi connectivity index (χ0) is 19.8. The molecule has 0 radical (unpaired) electrons. The number of benzene rings is 1. The van der Waals surface area contributed by atoms with Gasteiger partial charge in [-0.1, -0.05) is 23.4 Å². The van der Waals surface area contributed by atoms with E-state index in [-0.39, 0.29) is 18.3 Å². The molecule has 0 unspecified atom stereocenters. The largest absolute Gasteiger partial charge is 0.482 e. The molecule has 0 bridgehead atoms. The fourth-order valence-corrected chi connectivity index (χ4v) is 2.95. The summed E-state index contributed by atoms with van der Waals surface area (Å²) in [6, 6.07) is 6.72. The molecule has 2 rings (SSSR count). The van der Waals surface area contributed by atoms with Gasteiger partial charge in [-0.05, 0) is 43.7 Å². The first-order valence-corrected chi connectivity index (χ1v) is 9.17. The predicted molar refractivity (Wildman–Crippen MR) is 104 cm³/mol. The summed E-state index contributed by atoms with van der Waals surface area (Å²) in [4.78, 5) is 31.1. The van der Waals surface area contributed by atoms with Crippen molar-refractivity contribution < 1.29 is 14.3 Å². The molecule has 10 heteroatoms. The van der Waals surface area contributed by atoms with Gasteiger partial charge in [-0.25, -0.2) is 15.4 Å². The van der Waals surface area contributed by atoms with Gasteiger partial charge in [-0.15, -0.1) is 0 Å². The Hall–Kier alpha value is -2.65. The second kappa shape index (κ2) is 9.89. The number of amides is 2. The average Bonchev–Trinajstić information content (AvgIpc) is 2.58. The van der Waals surface area contributed by atoms with Crippen LogP contribution in [-0.4, -0.2) is 40.4 Å². The van der Waals surface area contributed by atoms with Gasteiger partial charge in [0.25, 0.3) is 11.8 Å². The van der Waals surface area contributed by atoms with Crippen molar-refractivity contribution in [2.45, 2.75) is 19.0 Å². The number of aromatic nitrogens is 2. The zero-order valence-corrected chi connectivity index (χ0v) is 16.3. The van der Waals surface area contributed by atoms with Crippen LogP contribution in [0.2, 0.25) is 5.02 Å². The van der Waals surface area contributed by atoms with Gasteiger partial charge in [0.1, 0.15) is 5.75 Å². The van der Waals surface area contributed by atoms with Crippen molar-refractivity contribution in [2.24, 2.45) is 10.8 Å². The molecule has 0 aliphatic rings.